The molecular weight excluding hydrogens is 640 g/mol. The van der Waals surface area contributed by atoms with Gasteiger partial charge >= 0.3 is 12.2 Å². The summed E-state index contributed by atoms with van der Waals surface area (Å²) in [7, 11) is 0. The fourth-order valence-corrected chi connectivity index (χ4v) is 5.21. The first kappa shape index (κ1) is 42.0. The number of carbonyl (C=O) groups excluding carboxylic acids is 4. The highest BCUT2D eigenvalue weighted by molar-refractivity contribution is 5.87. The van der Waals surface area contributed by atoms with Crippen LogP contribution in [0.25, 0.3) is 0 Å². The van der Waals surface area contributed by atoms with Crippen molar-refractivity contribution in [1.29, 1.82) is 0 Å². The molecule has 2 aromatic carbocycles. The van der Waals surface area contributed by atoms with Crippen molar-refractivity contribution in [2.75, 3.05) is 0 Å². The van der Waals surface area contributed by atoms with E-state index in [9.17, 15) is 29.4 Å². The predicted molar refractivity (Wildman–Crippen MR) is 192 cm³/mol. The molecular formula is C38H58N4O8. The molecule has 0 fully saturated rings. The molecule has 4 amide bonds. The van der Waals surface area contributed by atoms with Crippen LogP contribution in [0.15, 0.2) is 60.7 Å². The number of carbonyl (C=O) groups is 4. The van der Waals surface area contributed by atoms with E-state index in [1.807, 2.05) is 60.7 Å². The number of nitrogens with one attached hydrogen (secondary N) is 4. The molecule has 0 saturated carbocycles. The third-order valence-corrected chi connectivity index (χ3v) is 7.67. The highest BCUT2D eigenvalue weighted by Crippen LogP contribution is 2.17. The second kappa shape index (κ2) is 18.7. The average Bonchev–Trinajstić information content (AvgIpc) is 3.00. The van der Waals surface area contributed by atoms with Crippen LogP contribution in [0.1, 0.15) is 80.4 Å². The van der Waals surface area contributed by atoms with Gasteiger partial charge in [-0.3, -0.25) is 9.59 Å². The SMILES string of the molecule is CC(C)[C@H](NC(=O)OC(C)(C)C)C(=O)N[C@@H](Cc1ccccc1)[C@@H](O)[C@H](O)[C@H](Cc1ccccc1)NC(=O)[C@@H](NC(=O)OC(C)(C)C)C(C)C. The van der Waals surface area contributed by atoms with Crippen LogP contribution in [0.3, 0.4) is 0 Å². The zero-order valence-electron chi connectivity index (χ0n) is 31.2. The molecule has 278 valence electrons. The summed E-state index contributed by atoms with van der Waals surface area (Å²) < 4.78 is 10.7. The summed E-state index contributed by atoms with van der Waals surface area (Å²) in [5.41, 5.74) is -0.0217. The molecule has 0 saturated heterocycles. The Bertz CT molecular complexity index is 1270. The lowest BCUT2D eigenvalue weighted by Gasteiger charge is -2.35. The highest BCUT2D eigenvalue weighted by atomic mass is 16.6. The zero-order valence-corrected chi connectivity index (χ0v) is 31.2. The summed E-state index contributed by atoms with van der Waals surface area (Å²) in [4.78, 5) is 52.7. The molecule has 50 heavy (non-hydrogen) atoms. The number of amides is 4. The zero-order chi connectivity index (χ0) is 37.8. The van der Waals surface area contributed by atoms with Gasteiger partial charge in [0.15, 0.2) is 0 Å². The minimum atomic E-state index is -1.58. The van der Waals surface area contributed by atoms with Crippen molar-refractivity contribution < 1.29 is 38.9 Å². The third kappa shape index (κ3) is 14.8. The lowest BCUT2D eigenvalue weighted by atomic mass is 9.90. The van der Waals surface area contributed by atoms with Crippen LogP contribution < -0.4 is 21.3 Å². The number of rotatable bonds is 15. The van der Waals surface area contributed by atoms with E-state index in [2.05, 4.69) is 21.3 Å². The number of hydrogen-bond donors (Lipinski definition) is 6. The Hall–Kier alpha value is -4.16. The van der Waals surface area contributed by atoms with Crippen LogP contribution in [0.4, 0.5) is 9.59 Å². The molecule has 0 bridgehead atoms. The van der Waals surface area contributed by atoms with Crippen molar-refractivity contribution >= 4 is 24.0 Å². The summed E-state index contributed by atoms with van der Waals surface area (Å²) in [5.74, 6) is -1.86. The molecule has 0 aliphatic heterocycles. The topological polar surface area (TPSA) is 175 Å². The number of hydrogen-bond acceptors (Lipinski definition) is 8. The van der Waals surface area contributed by atoms with Gasteiger partial charge in [0.2, 0.25) is 11.8 Å². The number of alkyl carbamates (subject to hydrolysis) is 2. The second-order valence-corrected chi connectivity index (χ2v) is 15.3. The van der Waals surface area contributed by atoms with Gasteiger partial charge in [0.05, 0.1) is 12.1 Å². The Balaban J connectivity index is 2.43. The Morgan fingerprint density at radius 2 is 0.860 bits per heavy atom. The van der Waals surface area contributed by atoms with E-state index in [0.717, 1.165) is 11.1 Å². The molecule has 0 aliphatic rings. The van der Waals surface area contributed by atoms with Gasteiger partial charge in [-0.15, -0.1) is 0 Å². The van der Waals surface area contributed by atoms with Gasteiger partial charge in [0, 0.05) is 0 Å². The lowest BCUT2D eigenvalue weighted by Crippen LogP contribution is -2.61. The van der Waals surface area contributed by atoms with E-state index in [-0.39, 0.29) is 24.7 Å². The van der Waals surface area contributed by atoms with Gasteiger partial charge in [-0.1, -0.05) is 88.4 Å². The normalized spacial score (nSPS) is 15.6. The maximum absolute atomic E-state index is 13.7. The number of benzene rings is 2. The van der Waals surface area contributed by atoms with Crippen molar-refractivity contribution in [2.45, 2.75) is 130 Å². The quantitative estimate of drug-likeness (QED) is 0.160. The summed E-state index contributed by atoms with van der Waals surface area (Å²) in [6, 6.07) is 14.2. The third-order valence-electron chi connectivity index (χ3n) is 7.67. The first-order chi connectivity index (χ1) is 23.2. The maximum atomic E-state index is 13.7. The molecule has 6 N–H and O–H groups in total. The molecule has 0 aromatic heterocycles. The lowest BCUT2D eigenvalue weighted by molar-refractivity contribution is -0.129. The van der Waals surface area contributed by atoms with E-state index in [1.54, 1.807) is 69.2 Å². The van der Waals surface area contributed by atoms with Crippen molar-refractivity contribution in [3.05, 3.63) is 71.8 Å². The molecule has 0 unspecified atom stereocenters. The van der Waals surface area contributed by atoms with Crippen molar-refractivity contribution in [3.63, 3.8) is 0 Å². The van der Waals surface area contributed by atoms with Crippen LogP contribution in [0.2, 0.25) is 0 Å². The first-order valence-corrected chi connectivity index (χ1v) is 17.2. The van der Waals surface area contributed by atoms with Crippen LogP contribution >= 0.6 is 0 Å². The second-order valence-electron chi connectivity index (χ2n) is 15.3. The summed E-state index contributed by atoms with van der Waals surface area (Å²) in [6.45, 7) is 17.3. The standard InChI is InChI=1S/C38H58N4O8/c1-23(2)29(41-35(47)49-37(5,6)7)33(45)39-27(21-25-17-13-11-14-18-25)31(43)32(44)28(22-26-19-15-12-16-20-26)40-34(46)30(24(3)4)42-36(48)50-38(8,9)10/h11-20,23-24,27-32,43-44H,21-22H2,1-10H3,(H,39,45)(H,40,46)(H,41,47)(H,42,48)/t27-,28-,29-,30-,31+,32+/m0/s1. The smallest absolute Gasteiger partial charge is 0.408 e. The van der Waals surface area contributed by atoms with E-state index in [4.69, 9.17) is 9.47 Å². The monoisotopic (exact) mass is 698 g/mol. The van der Waals surface area contributed by atoms with Crippen molar-refractivity contribution in [3.8, 4) is 0 Å². The van der Waals surface area contributed by atoms with Gasteiger partial charge in [0.25, 0.3) is 0 Å². The molecule has 0 radical (unpaired) electrons. The Morgan fingerprint density at radius 3 is 1.12 bits per heavy atom. The van der Waals surface area contributed by atoms with Gasteiger partial charge in [-0.25, -0.2) is 9.59 Å². The fourth-order valence-electron chi connectivity index (χ4n) is 5.21. The first-order valence-electron chi connectivity index (χ1n) is 17.2. The minimum Gasteiger partial charge on any atom is -0.444 e. The van der Waals surface area contributed by atoms with Crippen LogP contribution in [0, 0.1) is 11.8 Å². The Kier molecular flexibility index (Phi) is 15.7. The summed E-state index contributed by atoms with van der Waals surface area (Å²) in [5, 5.41) is 34.6. The molecule has 0 heterocycles. The van der Waals surface area contributed by atoms with Crippen molar-refractivity contribution in [2.24, 2.45) is 11.8 Å². The molecule has 12 heteroatoms. The molecule has 12 nitrogen and oxygen atoms in total. The fraction of sp³-hybridized carbons (Fsp3) is 0.579. The summed E-state index contributed by atoms with van der Waals surface area (Å²) >= 11 is 0. The van der Waals surface area contributed by atoms with Crippen molar-refractivity contribution in [1.82, 2.24) is 21.3 Å². The van der Waals surface area contributed by atoms with Crippen LogP contribution in [-0.4, -0.2) is 81.8 Å². The minimum absolute atomic E-state index is 0.128. The molecule has 2 rings (SSSR count). The molecule has 0 spiro atoms. The Morgan fingerprint density at radius 1 is 0.560 bits per heavy atom. The maximum Gasteiger partial charge on any atom is 0.408 e. The number of aliphatic hydroxyl groups is 2. The summed E-state index contributed by atoms with van der Waals surface area (Å²) in [6.07, 6.45) is -4.45. The largest absolute Gasteiger partial charge is 0.444 e. The predicted octanol–water partition coefficient (Wildman–Crippen LogP) is 4.26. The van der Waals surface area contributed by atoms with Gasteiger partial charge < -0.3 is 41.0 Å². The number of ether oxygens (including phenoxy) is 2. The molecule has 2 aromatic rings. The highest BCUT2D eigenvalue weighted by Gasteiger charge is 2.38. The van der Waals surface area contributed by atoms with E-state index >= 15 is 0 Å². The number of aliphatic hydroxyl groups excluding tert-OH is 2. The van der Waals surface area contributed by atoms with E-state index in [0.29, 0.717) is 0 Å². The molecule has 6 atom stereocenters. The van der Waals surface area contributed by atoms with Crippen LogP contribution in [-0.2, 0) is 31.9 Å². The van der Waals surface area contributed by atoms with Gasteiger partial charge in [-0.05, 0) is 77.3 Å². The Labute approximate surface area is 297 Å². The van der Waals surface area contributed by atoms with Gasteiger partial charge in [-0.2, -0.15) is 0 Å². The van der Waals surface area contributed by atoms with Gasteiger partial charge in [0.1, 0.15) is 35.5 Å². The van der Waals surface area contributed by atoms with E-state index < -0.39 is 71.6 Å². The van der Waals surface area contributed by atoms with E-state index in [1.165, 1.54) is 0 Å². The van der Waals surface area contributed by atoms with Crippen LogP contribution in [0.5, 0.6) is 0 Å². The molecule has 0 aliphatic carbocycles. The average molecular weight is 699 g/mol.